The van der Waals surface area contributed by atoms with E-state index in [1.54, 1.807) is 39.8 Å². The van der Waals surface area contributed by atoms with Crippen LogP contribution in [-0.4, -0.2) is 25.2 Å². The number of carbonyl (C=O) groups excluding carboxylic acids is 2. The van der Waals surface area contributed by atoms with E-state index in [2.05, 4.69) is 0 Å². The van der Waals surface area contributed by atoms with Gasteiger partial charge in [-0.2, -0.15) is 0 Å². The lowest BCUT2D eigenvalue weighted by atomic mass is 9.91. The van der Waals surface area contributed by atoms with E-state index in [4.69, 9.17) is 18.3 Å². The van der Waals surface area contributed by atoms with Gasteiger partial charge >= 0.3 is 11.9 Å². The van der Waals surface area contributed by atoms with Crippen molar-refractivity contribution in [2.45, 2.75) is 27.7 Å². The van der Waals surface area contributed by atoms with Gasteiger partial charge in [-0.3, -0.25) is 0 Å². The summed E-state index contributed by atoms with van der Waals surface area (Å²) in [5, 5.41) is 0. The van der Waals surface area contributed by atoms with Crippen LogP contribution in [0.4, 0.5) is 0 Å². The molecule has 0 aliphatic rings. The van der Waals surface area contributed by atoms with E-state index < -0.39 is 11.9 Å². The molecule has 2 heterocycles. The van der Waals surface area contributed by atoms with Gasteiger partial charge < -0.3 is 18.3 Å². The highest BCUT2D eigenvalue weighted by Gasteiger charge is 2.26. The molecular weight excluding hydrogens is 456 g/mol. The Balaban J connectivity index is 2.04. The second-order valence-corrected chi connectivity index (χ2v) is 8.08. The van der Waals surface area contributed by atoms with Crippen LogP contribution in [0.25, 0.3) is 11.1 Å². The number of aryl methyl sites for hydroxylation is 2. The molecule has 0 saturated heterocycles. The third-order valence-electron chi connectivity index (χ3n) is 5.69. The summed E-state index contributed by atoms with van der Waals surface area (Å²) in [7, 11) is 0. The highest BCUT2D eigenvalue weighted by Crippen LogP contribution is 2.39. The molecule has 0 amide bonds. The van der Waals surface area contributed by atoms with Gasteiger partial charge in [0.15, 0.2) is 0 Å². The first-order chi connectivity index (χ1) is 17.4. The Morgan fingerprint density at radius 1 is 0.639 bits per heavy atom. The number of hydrogen-bond acceptors (Lipinski definition) is 6. The van der Waals surface area contributed by atoms with Crippen LogP contribution in [0.3, 0.4) is 0 Å². The molecule has 4 rings (SSSR count). The number of rotatable bonds is 8. The van der Waals surface area contributed by atoms with Crippen LogP contribution in [0.5, 0.6) is 0 Å². The van der Waals surface area contributed by atoms with Crippen LogP contribution in [0.1, 0.15) is 68.7 Å². The molecule has 4 aromatic rings. The largest absolute Gasteiger partial charge is 0.462 e. The van der Waals surface area contributed by atoms with Crippen molar-refractivity contribution in [3.63, 3.8) is 0 Å². The van der Waals surface area contributed by atoms with Crippen LogP contribution >= 0.6 is 0 Å². The first-order valence-corrected chi connectivity index (χ1v) is 11.9. The second-order valence-electron chi connectivity index (χ2n) is 8.08. The molecule has 0 unspecified atom stereocenters. The number of esters is 2. The van der Waals surface area contributed by atoms with E-state index in [1.807, 2.05) is 60.7 Å². The molecule has 0 atom stereocenters. The zero-order valence-electron chi connectivity index (χ0n) is 20.8. The minimum atomic E-state index is -0.447. The maximum absolute atomic E-state index is 12.6. The fraction of sp³-hybridized carbons (Fsp3) is 0.200. The van der Waals surface area contributed by atoms with Crippen molar-refractivity contribution in [2.75, 3.05) is 13.2 Å². The molecular formula is C30H28O6. The van der Waals surface area contributed by atoms with Gasteiger partial charge in [0.25, 0.3) is 0 Å². The molecule has 6 nitrogen and oxygen atoms in total. The summed E-state index contributed by atoms with van der Waals surface area (Å²) in [6.07, 6.45) is 0. The third-order valence-corrected chi connectivity index (χ3v) is 5.69. The highest BCUT2D eigenvalue weighted by atomic mass is 16.5. The smallest absolute Gasteiger partial charge is 0.341 e. The minimum Gasteiger partial charge on any atom is -0.462 e. The second kappa shape index (κ2) is 11.0. The maximum atomic E-state index is 12.6. The first kappa shape index (κ1) is 24.8. The van der Waals surface area contributed by atoms with Gasteiger partial charge in [0, 0.05) is 11.1 Å². The summed E-state index contributed by atoms with van der Waals surface area (Å²) in [5.41, 5.74) is 3.85. The molecule has 36 heavy (non-hydrogen) atoms. The van der Waals surface area contributed by atoms with Crippen molar-refractivity contribution >= 4 is 23.1 Å². The van der Waals surface area contributed by atoms with E-state index in [0.717, 1.165) is 11.1 Å². The molecule has 0 fully saturated rings. The van der Waals surface area contributed by atoms with Gasteiger partial charge in [0.2, 0.25) is 0 Å². The quantitative estimate of drug-likeness (QED) is 0.201. The van der Waals surface area contributed by atoms with Crippen LogP contribution in [-0.2, 0) is 9.47 Å². The molecule has 0 radical (unpaired) electrons. The standard InChI is InChI=1S/C30H28O6/c1-5-33-29(31)23-17-25(35-19(23)3)27(21-13-9-7-10-14-21)28(22-15-11-8-12-16-22)26-18-24(20(4)36-26)30(32)34-6-2/h7-18H,5-6H2,1-4H3/b28-27+. The normalized spacial score (nSPS) is 11.7. The van der Waals surface area contributed by atoms with E-state index >= 15 is 0 Å². The summed E-state index contributed by atoms with van der Waals surface area (Å²) in [5.74, 6) is 0.966. The van der Waals surface area contributed by atoms with Gasteiger partial charge in [0.05, 0.1) is 13.2 Å². The van der Waals surface area contributed by atoms with Crippen molar-refractivity contribution in [3.8, 4) is 0 Å². The SMILES string of the molecule is CCOC(=O)c1cc(/C(=C(\c2ccccc2)c2cc(C(=O)OCC)c(C)o2)c2ccccc2)oc1C. The molecule has 0 bridgehead atoms. The number of carbonyl (C=O) groups is 2. The lowest BCUT2D eigenvalue weighted by molar-refractivity contribution is 0.0514. The highest BCUT2D eigenvalue weighted by molar-refractivity contribution is 6.04. The Hall–Kier alpha value is -4.32. The fourth-order valence-electron chi connectivity index (χ4n) is 4.06. The van der Waals surface area contributed by atoms with Crippen molar-refractivity contribution < 1.29 is 27.9 Å². The van der Waals surface area contributed by atoms with Crippen LogP contribution < -0.4 is 0 Å². The van der Waals surface area contributed by atoms with Crippen molar-refractivity contribution in [1.82, 2.24) is 0 Å². The molecule has 2 aromatic heterocycles. The topological polar surface area (TPSA) is 78.9 Å². The molecule has 0 N–H and O–H groups in total. The van der Waals surface area contributed by atoms with E-state index in [9.17, 15) is 9.59 Å². The van der Waals surface area contributed by atoms with Crippen molar-refractivity contribution in [3.05, 3.63) is 118 Å². The average molecular weight is 485 g/mol. The Morgan fingerprint density at radius 2 is 1.00 bits per heavy atom. The third kappa shape index (κ3) is 5.03. The fourth-order valence-corrected chi connectivity index (χ4v) is 4.06. The van der Waals surface area contributed by atoms with Crippen LogP contribution in [0, 0.1) is 13.8 Å². The molecule has 0 aliphatic carbocycles. The zero-order valence-corrected chi connectivity index (χ0v) is 20.8. The van der Waals surface area contributed by atoms with E-state index in [0.29, 0.717) is 45.3 Å². The number of hydrogen-bond donors (Lipinski definition) is 0. The number of ether oxygens (including phenoxy) is 2. The van der Waals surface area contributed by atoms with Crippen molar-refractivity contribution in [2.24, 2.45) is 0 Å². The predicted octanol–water partition coefficient (Wildman–Crippen LogP) is 6.85. The summed E-state index contributed by atoms with van der Waals surface area (Å²) < 4.78 is 22.7. The van der Waals surface area contributed by atoms with E-state index in [-0.39, 0.29) is 13.2 Å². The van der Waals surface area contributed by atoms with Gasteiger partial charge in [0.1, 0.15) is 34.2 Å². The summed E-state index contributed by atoms with van der Waals surface area (Å²) >= 11 is 0. The monoisotopic (exact) mass is 484 g/mol. The predicted molar refractivity (Wildman–Crippen MR) is 137 cm³/mol. The summed E-state index contributed by atoms with van der Waals surface area (Å²) in [4.78, 5) is 25.1. The van der Waals surface area contributed by atoms with Crippen LogP contribution in [0.2, 0.25) is 0 Å². The average Bonchev–Trinajstić information content (AvgIpc) is 3.46. The van der Waals surface area contributed by atoms with Crippen molar-refractivity contribution in [1.29, 1.82) is 0 Å². The van der Waals surface area contributed by atoms with Crippen LogP contribution in [0.15, 0.2) is 81.6 Å². The summed E-state index contributed by atoms with van der Waals surface area (Å²) in [6, 6.07) is 22.8. The van der Waals surface area contributed by atoms with Gasteiger partial charge in [-0.15, -0.1) is 0 Å². The zero-order chi connectivity index (χ0) is 25.7. The molecule has 6 heteroatoms. The maximum Gasteiger partial charge on any atom is 0.341 e. The van der Waals surface area contributed by atoms with Gasteiger partial charge in [-0.05, 0) is 51.0 Å². The Labute approximate surface area is 210 Å². The number of furan rings is 2. The summed E-state index contributed by atoms with van der Waals surface area (Å²) in [6.45, 7) is 7.51. The Bertz CT molecular complexity index is 1280. The van der Waals surface area contributed by atoms with Gasteiger partial charge in [-0.1, -0.05) is 60.7 Å². The molecule has 184 valence electrons. The molecule has 0 spiro atoms. The Morgan fingerprint density at radius 3 is 1.33 bits per heavy atom. The Kier molecular flexibility index (Phi) is 7.54. The molecule has 2 aromatic carbocycles. The molecule has 0 aliphatic heterocycles. The lowest BCUT2D eigenvalue weighted by Gasteiger charge is -2.13. The first-order valence-electron chi connectivity index (χ1n) is 11.9. The minimum absolute atomic E-state index is 0.262. The van der Waals surface area contributed by atoms with E-state index in [1.165, 1.54) is 0 Å². The number of benzene rings is 2. The van der Waals surface area contributed by atoms with Gasteiger partial charge in [-0.25, -0.2) is 9.59 Å². The molecule has 0 saturated carbocycles. The lowest BCUT2D eigenvalue weighted by Crippen LogP contribution is -2.04.